The van der Waals surface area contributed by atoms with Gasteiger partial charge in [0.05, 0.1) is 16.8 Å². The maximum atomic E-state index is 12.4. The summed E-state index contributed by atoms with van der Waals surface area (Å²) in [6, 6.07) is 12.4. The fourth-order valence-corrected chi connectivity index (χ4v) is 2.32. The van der Waals surface area contributed by atoms with Gasteiger partial charge in [0.1, 0.15) is 0 Å². The summed E-state index contributed by atoms with van der Waals surface area (Å²) >= 11 is 0. The highest BCUT2D eigenvalue weighted by molar-refractivity contribution is 5.97. The fraction of sp³-hybridized carbons (Fsp3) is 0.111. The maximum absolute atomic E-state index is 12.4. The number of aromatic nitrogens is 3. The Hall–Kier alpha value is -3.48. The highest BCUT2D eigenvalue weighted by Gasteiger charge is 2.12. The molecular weight excluding hydrogens is 318 g/mol. The first-order chi connectivity index (χ1) is 12.3. The van der Waals surface area contributed by atoms with E-state index in [9.17, 15) is 9.59 Å². The Kier molecular flexibility index (Phi) is 5.16. The summed E-state index contributed by atoms with van der Waals surface area (Å²) in [4.78, 5) is 28.2. The second-order valence-corrected chi connectivity index (χ2v) is 5.22. The van der Waals surface area contributed by atoms with Gasteiger partial charge in [-0.1, -0.05) is 12.1 Å². The smallest absolute Gasteiger partial charge is 0.253 e. The molecule has 0 spiro atoms. The third kappa shape index (κ3) is 4.08. The molecule has 0 aliphatic carbocycles. The summed E-state index contributed by atoms with van der Waals surface area (Å²) < 4.78 is 1.64. The summed E-state index contributed by atoms with van der Waals surface area (Å²) in [5, 5.41) is 9.69. The number of hydrogen-bond donors (Lipinski definition) is 2. The maximum Gasteiger partial charge on any atom is 0.253 e. The number of carbonyl (C=O) groups is 2. The minimum Gasteiger partial charge on any atom is -0.350 e. The van der Waals surface area contributed by atoms with E-state index in [1.807, 2.05) is 12.1 Å². The van der Waals surface area contributed by atoms with Gasteiger partial charge in [-0.15, -0.1) is 0 Å². The van der Waals surface area contributed by atoms with Crippen LogP contribution in [0.25, 0.3) is 5.69 Å². The Morgan fingerprint density at radius 3 is 2.44 bits per heavy atom. The van der Waals surface area contributed by atoms with E-state index in [0.29, 0.717) is 29.9 Å². The molecule has 0 fully saturated rings. The van der Waals surface area contributed by atoms with E-state index in [1.165, 1.54) is 6.20 Å². The Balaban J connectivity index is 1.55. The SMILES string of the molecule is O=C(NCCNC(=O)c1ccccc1-n1cccn1)c1cccnc1. The van der Waals surface area contributed by atoms with Gasteiger partial charge in [0.2, 0.25) is 0 Å². The van der Waals surface area contributed by atoms with Crippen molar-refractivity contribution in [3.8, 4) is 5.69 Å². The molecule has 3 rings (SSSR count). The van der Waals surface area contributed by atoms with Crippen LogP contribution in [-0.4, -0.2) is 39.7 Å². The molecule has 0 saturated heterocycles. The van der Waals surface area contributed by atoms with Gasteiger partial charge in [-0.05, 0) is 30.3 Å². The molecular formula is C18H17N5O2. The molecule has 0 atom stereocenters. The number of nitrogens with one attached hydrogen (secondary N) is 2. The first kappa shape index (κ1) is 16.4. The van der Waals surface area contributed by atoms with Crippen LogP contribution in [0.3, 0.4) is 0 Å². The molecule has 0 unspecified atom stereocenters. The van der Waals surface area contributed by atoms with Gasteiger partial charge in [0.25, 0.3) is 11.8 Å². The third-order valence-electron chi connectivity index (χ3n) is 3.52. The van der Waals surface area contributed by atoms with Crippen LogP contribution in [-0.2, 0) is 0 Å². The average molecular weight is 335 g/mol. The third-order valence-corrected chi connectivity index (χ3v) is 3.52. The summed E-state index contributed by atoms with van der Waals surface area (Å²) in [6.07, 6.45) is 6.53. The van der Waals surface area contributed by atoms with Crippen LogP contribution >= 0.6 is 0 Å². The predicted octanol–water partition coefficient (Wildman–Crippen LogP) is 1.43. The van der Waals surface area contributed by atoms with Gasteiger partial charge in [-0.25, -0.2) is 4.68 Å². The summed E-state index contributed by atoms with van der Waals surface area (Å²) in [5.41, 5.74) is 1.70. The van der Waals surface area contributed by atoms with Crippen LogP contribution in [0.4, 0.5) is 0 Å². The van der Waals surface area contributed by atoms with Crippen molar-refractivity contribution < 1.29 is 9.59 Å². The standard InChI is InChI=1S/C18H17N5O2/c24-17(14-5-3-8-19-13-14)20-10-11-21-18(25)15-6-1-2-7-16(15)23-12-4-9-22-23/h1-9,12-13H,10-11H2,(H,20,24)(H,21,25). The number of nitrogens with zero attached hydrogens (tertiary/aromatic N) is 3. The number of benzene rings is 1. The first-order valence-corrected chi connectivity index (χ1v) is 7.81. The van der Waals surface area contributed by atoms with E-state index in [1.54, 1.807) is 53.6 Å². The number of carbonyl (C=O) groups excluding carboxylic acids is 2. The number of para-hydroxylation sites is 1. The van der Waals surface area contributed by atoms with Crippen molar-refractivity contribution in [1.82, 2.24) is 25.4 Å². The average Bonchev–Trinajstić information content (AvgIpc) is 3.20. The van der Waals surface area contributed by atoms with Crippen LogP contribution < -0.4 is 10.6 Å². The van der Waals surface area contributed by atoms with Crippen molar-refractivity contribution in [3.05, 3.63) is 78.4 Å². The van der Waals surface area contributed by atoms with Crippen molar-refractivity contribution in [2.45, 2.75) is 0 Å². The highest BCUT2D eigenvalue weighted by atomic mass is 16.2. The molecule has 7 nitrogen and oxygen atoms in total. The molecule has 25 heavy (non-hydrogen) atoms. The quantitative estimate of drug-likeness (QED) is 0.667. The van der Waals surface area contributed by atoms with Gasteiger partial charge in [0, 0.05) is 37.9 Å². The first-order valence-electron chi connectivity index (χ1n) is 7.81. The molecule has 3 aromatic rings. The predicted molar refractivity (Wildman–Crippen MR) is 92.5 cm³/mol. The zero-order valence-electron chi connectivity index (χ0n) is 13.4. The second-order valence-electron chi connectivity index (χ2n) is 5.22. The summed E-state index contributed by atoms with van der Waals surface area (Å²) in [5.74, 6) is -0.444. The Bertz CT molecular complexity index is 847. The lowest BCUT2D eigenvalue weighted by Crippen LogP contribution is -2.35. The van der Waals surface area contributed by atoms with Gasteiger partial charge in [-0.2, -0.15) is 5.10 Å². The Morgan fingerprint density at radius 2 is 1.72 bits per heavy atom. The van der Waals surface area contributed by atoms with Crippen molar-refractivity contribution in [2.75, 3.05) is 13.1 Å². The van der Waals surface area contributed by atoms with Crippen LogP contribution in [0.15, 0.2) is 67.3 Å². The highest BCUT2D eigenvalue weighted by Crippen LogP contribution is 2.13. The van der Waals surface area contributed by atoms with E-state index in [2.05, 4.69) is 20.7 Å². The van der Waals surface area contributed by atoms with Gasteiger partial charge >= 0.3 is 0 Å². The molecule has 0 saturated carbocycles. The molecule has 7 heteroatoms. The zero-order valence-corrected chi connectivity index (χ0v) is 13.4. The molecule has 2 amide bonds. The molecule has 1 aromatic carbocycles. The monoisotopic (exact) mass is 335 g/mol. The van der Waals surface area contributed by atoms with Crippen molar-refractivity contribution in [2.24, 2.45) is 0 Å². The van der Waals surface area contributed by atoms with E-state index in [-0.39, 0.29) is 11.8 Å². The van der Waals surface area contributed by atoms with Gasteiger partial charge in [-0.3, -0.25) is 14.6 Å². The van der Waals surface area contributed by atoms with Crippen LogP contribution in [0.1, 0.15) is 20.7 Å². The van der Waals surface area contributed by atoms with Crippen LogP contribution in [0, 0.1) is 0 Å². The second kappa shape index (κ2) is 7.87. The topological polar surface area (TPSA) is 88.9 Å². The molecule has 2 aromatic heterocycles. The van der Waals surface area contributed by atoms with Crippen LogP contribution in [0.2, 0.25) is 0 Å². The molecule has 0 radical (unpaired) electrons. The number of hydrogen-bond acceptors (Lipinski definition) is 4. The van der Waals surface area contributed by atoms with Crippen molar-refractivity contribution in [1.29, 1.82) is 0 Å². The minimum absolute atomic E-state index is 0.221. The van der Waals surface area contributed by atoms with E-state index < -0.39 is 0 Å². The fourth-order valence-electron chi connectivity index (χ4n) is 2.32. The molecule has 2 heterocycles. The lowest BCUT2D eigenvalue weighted by atomic mass is 10.1. The largest absolute Gasteiger partial charge is 0.350 e. The Morgan fingerprint density at radius 1 is 0.920 bits per heavy atom. The lowest BCUT2D eigenvalue weighted by molar-refractivity contribution is 0.0927. The molecule has 126 valence electrons. The number of amides is 2. The molecule has 0 aliphatic heterocycles. The molecule has 0 aliphatic rings. The number of rotatable bonds is 6. The van der Waals surface area contributed by atoms with Crippen LogP contribution in [0.5, 0.6) is 0 Å². The van der Waals surface area contributed by atoms with E-state index >= 15 is 0 Å². The van der Waals surface area contributed by atoms with E-state index in [4.69, 9.17) is 0 Å². The van der Waals surface area contributed by atoms with Crippen molar-refractivity contribution >= 4 is 11.8 Å². The minimum atomic E-state index is -0.223. The zero-order chi connectivity index (χ0) is 17.5. The molecule has 2 N–H and O–H groups in total. The number of pyridine rings is 1. The summed E-state index contributed by atoms with van der Waals surface area (Å²) in [7, 11) is 0. The van der Waals surface area contributed by atoms with Crippen molar-refractivity contribution in [3.63, 3.8) is 0 Å². The lowest BCUT2D eigenvalue weighted by Gasteiger charge is -2.10. The normalized spacial score (nSPS) is 10.2. The van der Waals surface area contributed by atoms with Gasteiger partial charge in [0.15, 0.2) is 0 Å². The summed E-state index contributed by atoms with van der Waals surface area (Å²) in [6.45, 7) is 0.641. The Labute approximate surface area is 144 Å². The molecule has 0 bridgehead atoms. The van der Waals surface area contributed by atoms with Gasteiger partial charge < -0.3 is 10.6 Å². The van der Waals surface area contributed by atoms with E-state index in [0.717, 1.165) is 0 Å².